The van der Waals surface area contributed by atoms with Crippen LogP contribution in [0, 0.1) is 5.82 Å². The maximum atomic E-state index is 13.2. The molecule has 3 aromatic carbocycles. The van der Waals surface area contributed by atoms with E-state index in [4.69, 9.17) is 16.3 Å². The van der Waals surface area contributed by atoms with Crippen LogP contribution >= 0.6 is 11.6 Å². The zero-order chi connectivity index (χ0) is 28.1. The van der Waals surface area contributed by atoms with Crippen molar-refractivity contribution in [1.82, 2.24) is 10.2 Å². The quantitative estimate of drug-likeness (QED) is 0.234. The van der Waals surface area contributed by atoms with Crippen LogP contribution in [0.2, 0.25) is 5.02 Å². The summed E-state index contributed by atoms with van der Waals surface area (Å²) in [6, 6.07) is 17.1. The van der Waals surface area contributed by atoms with E-state index >= 15 is 0 Å². The molecule has 5 rings (SSSR count). The first kappa shape index (κ1) is 28.3. The van der Waals surface area contributed by atoms with Gasteiger partial charge >= 0.3 is 0 Å². The van der Waals surface area contributed by atoms with Gasteiger partial charge in [0, 0.05) is 12.1 Å². The number of ketones is 1. The summed E-state index contributed by atoms with van der Waals surface area (Å²) in [4.78, 5) is 28.3. The van der Waals surface area contributed by atoms with E-state index in [2.05, 4.69) is 10.2 Å². The Morgan fingerprint density at radius 1 is 0.950 bits per heavy atom. The lowest BCUT2D eigenvalue weighted by Crippen LogP contribution is -2.48. The molecule has 8 heteroatoms. The summed E-state index contributed by atoms with van der Waals surface area (Å²) in [5.74, 6) is -1.22. The highest BCUT2D eigenvalue weighted by Crippen LogP contribution is 2.33. The predicted octanol–water partition coefficient (Wildman–Crippen LogP) is 5.96. The molecule has 2 atom stereocenters. The zero-order valence-corrected chi connectivity index (χ0v) is 23.1. The number of ether oxygens (including phenoxy) is 1. The van der Waals surface area contributed by atoms with Gasteiger partial charge in [-0.3, -0.25) is 9.59 Å². The number of amides is 1. The van der Waals surface area contributed by atoms with E-state index in [1.54, 1.807) is 54.6 Å². The van der Waals surface area contributed by atoms with Crippen molar-refractivity contribution in [2.45, 2.75) is 56.8 Å². The number of halogens is 2. The fraction of sp³-hybridized carbons (Fsp3) is 0.375. The second-order valence-electron chi connectivity index (χ2n) is 10.7. The third kappa shape index (κ3) is 6.89. The Bertz CT molecular complexity index is 1320. The molecule has 2 N–H and O–H groups in total. The Hall–Kier alpha value is -3.26. The molecule has 0 aromatic heterocycles. The lowest BCUT2D eigenvalue weighted by Gasteiger charge is -2.29. The number of aliphatic hydroxyl groups is 1. The predicted molar refractivity (Wildman–Crippen MR) is 153 cm³/mol. The smallest absolute Gasteiger partial charge is 0.292 e. The van der Waals surface area contributed by atoms with Gasteiger partial charge in [-0.25, -0.2) is 4.39 Å². The summed E-state index contributed by atoms with van der Waals surface area (Å²) in [5.41, 5.74) is 2.38. The SMILES string of the molecule is O=C(NC(CN1CCCC1)C(O)c1ccc(OC2CCCC2)c(Cl)c1)C(=O)c1ccc(-c2ccc(F)cc2)cc1. The highest BCUT2D eigenvalue weighted by molar-refractivity contribution is 6.42. The Balaban J connectivity index is 1.29. The van der Waals surface area contributed by atoms with Crippen LogP contribution in [0.15, 0.2) is 66.7 Å². The lowest BCUT2D eigenvalue weighted by molar-refractivity contribution is -0.118. The van der Waals surface area contributed by atoms with Gasteiger partial charge in [0.15, 0.2) is 0 Å². The van der Waals surface area contributed by atoms with Gasteiger partial charge in [-0.1, -0.05) is 54.1 Å². The van der Waals surface area contributed by atoms with E-state index < -0.39 is 23.8 Å². The molecule has 2 aliphatic rings. The molecule has 2 fully saturated rings. The molecule has 1 saturated carbocycles. The van der Waals surface area contributed by atoms with E-state index in [-0.39, 0.29) is 17.5 Å². The second-order valence-corrected chi connectivity index (χ2v) is 11.1. The van der Waals surface area contributed by atoms with Gasteiger partial charge in [-0.05, 0) is 92.6 Å². The van der Waals surface area contributed by atoms with E-state index in [1.807, 2.05) is 0 Å². The minimum Gasteiger partial charge on any atom is -0.489 e. The van der Waals surface area contributed by atoms with Crippen LogP contribution in [0.1, 0.15) is 60.6 Å². The summed E-state index contributed by atoms with van der Waals surface area (Å²) >= 11 is 6.52. The van der Waals surface area contributed by atoms with Crippen LogP contribution < -0.4 is 10.1 Å². The van der Waals surface area contributed by atoms with Crippen LogP contribution in [0.5, 0.6) is 5.75 Å². The highest BCUT2D eigenvalue weighted by Gasteiger charge is 2.30. The summed E-state index contributed by atoms with van der Waals surface area (Å²) < 4.78 is 19.3. The van der Waals surface area contributed by atoms with E-state index in [9.17, 15) is 19.1 Å². The number of benzene rings is 3. The number of nitrogens with zero attached hydrogens (tertiary/aromatic N) is 1. The third-order valence-electron chi connectivity index (χ3n) is 7.78. The van der Waals surface area contributed by atoms with Gasteiger partial charge < -0.3 is 20.1 Å². The average Bonchev–Trinajstić information content (AvgIpc) is 3.68. The van der Waals surface area contributed by atoms with Gasteiger partial charge in [0.25, 0.3) is 5.91 Å². The van der Waals surface area contributed by atoms with Crippen molar-refractivity contribution in [2.24, 2.45) is 0 Å². The van der Waals surface area contributed by atoms with Crippen molar-refractivity contribution < 1.29 is 23.8 Å². The molecular weight excluding hydrogens is 531 g/mol. The minimum atomic E-state index is -1.07. The molecule has 1 saturated heterocycles. The molecule has 1 aliphatic carbocycles. The van der Waals surface area contributed by atoms with Crippen LogP contribution in [0.3, 0.4) is 0 Å². The Kier molecular flexibility index (Phi) is 9.15. The van der Waals surface area contributed by atoms with Crippen LogP contribution in [-0.4, -0.2) is 53.5 Å². The van der Waals surface area contributed by atoms with Crippen molar-refractivity contribution in [3.8, 4) is 16.9 Å². The molecule has 210 valence electrons. The molecule has 1 aliphatic heterocycles. The first-order valence-electron chi connectivity index (χ1n) is 13.9. The number of rotatable bonds is 10. The molecule has 2 unspecified atom stereocenters. The van der Waals surface area contributed by atoms with E-state index in [0.717, 1.165) is 62.7 Å². The Morgan fingerprint density at radius 2 is 1.57 bits per heavy atom. The minimum absolute atomic E-state index is 0.159. The fourth-order valence-electron chi connectivity index (χ4n) is 5.50. The zero-order valence-electron chi connectivity index (χ0n) is 22.3. The number of likely N-dealkylation sites (tertiary alicyclic amines) is 1. The van der Waals surface area contributed by atoms with Crippen LogP contribution in [0.25, 0.3) is 11.1 Å². The number of nitrogens with one attached hydrogen (secondary N) is 1. The summed E-state index contributed by atoms with van der Waals surface area (Å²) in [6.07, 6.45) is 5.50. The Morgan fingerprint density at radius 3 is 2.20 bits per heavy atom. The molecule has 1 amide bonds. The highest BCUT2D eigenvalue weighted by atomic mass is 35.5. The fourth-order valence-corrected chi connectivity index (χ4v) is 5.74. The Labute approximate surface area is 239 Å². The lowest BCUT2D eigenvalue weighted by atomic mass is 10.00. The first-order valence-corrected chi connectivity index (χ1v) is 14.3. The van der Waals surface area contributed by atoms with Gasteiger partial charge in [-0.15, -0.1) is 0 Å². The molecule has 3 aromatic rings. The first-order chi connectivity index (χ1) is 19.4. The summed E-state index contributed by atoms with van der Waals surface area (Å²) in [6.45, 7) is 2.14. The van der Waals surface area contributed by atoms with E-state index in [1.165, 1.54) is 12.1 Å². The molecular formula is C32H34ClFN2O4. The average molecular weight is 565 g/mol. The number of Topliss-reactive ketones (excluding diaryl/α,β-unsaturated/α-hetero) is 1. The summed E-state index contributed by atoms with van der Waals surface area (Å²) in [7, 11) is 0. The maximum absolute atomic E-state index is 13.2. The van der Waals surface area contributed by atoms with Crippen molar-refractivity contribution >= 4 is 23.3 Å². The number of hydrogen-bond donors (Lipinski definition) is 2. The standard InChI is InChI=1S/C32H34ClFN2O4/c33-27-19-24(13-16-29(27)40-26-5-1-2-6-26)30(37)28(20-36-17-3-4-18-36)35-32(39)31(38)23-9-7-21(8-10-23)22-11-14-25(34)15-12-22/h7-16,19,26,28,30,37H,1-6,17-18,20H2,(H,35,39). The maximum Gasteiger partial charge on any atom is 0.292 e. The monoisotopic (exact) mass is 564 g/mol. The van der Waals surface area contributed by atoms with Gasteiger partial charge in [-0.2, -0.15) is 0 Å². The van der Waals surface area contributed by atoms with Crippen molar-refractivity contribution in [2.75, 3.05) is 19.6 Å². The second kappa shape index (κ2) is 12.9. The van der Waals surface area contributed by atoms with Crippen molar-refractivity contribution in [3.05, 3.63) is 88.7 Å². The topological polar surface area (TPSA) is 78.9 Å². The third-order valence-corrected chi connectivity index (χ3v) is 8.07. The molecule has 0 spiro atoms. The largest absolute Gasteiger partial charge is 0.489 e. The van der Waals surface area contributed by atoms with Crippen molar-refractivity contribution in [3.63, 3.8) is 0 Å². The number of hydrogen-bond acceptors (Lipinski definition) is 5. The molecule has 1 heterocycles. The number of aliphatic hydroxyl groups excluding tert-OH is 1. The van der Waals surface area contributed by atoms with Gasteiger partial charge in [0.05, 0.1) is 17.2 Å². The molecule has 0 radical (unpaired) electrons. The van der Waals surface area contributed by atoms with Gasteiger partial charge in [0.1, 0.15) is 17.7 Å². The van der Waals surface area contributed by atoms with Crippen molar-refractivity contribution in [1.29, 1.82) is 0 Å². The molecule has 0 bridgehead atoms. The summed E-state index contributed by atoms with van der Waals surface area (Å²) in [5, 5.41) is 14.5. The van der Waals surface area contributed by atoms with Crippen LogP contribution in [0.4, 0.5) is 4.39 Å². The molecule has 6 nitrogen and oxygen atoms in total. The molecule has 40 heavy (non-hydrogen) atoms. The number of carbonyl (C=O) groups is 2. The van der Waals surface area contributed by atoms with Crippen LogP contribution in [-0.2, 0) is 4.79 Å². The number of carbonyl (C=O) groups excluding carboxylic acids is 2. The van der Waals surface area contributed by atoms with E-state index in [0.29, 0.717) is 22.9 Å². The normalized spacial score (nSPS) is 17.5. The van der Waals surface area contributed by atoms with Gasteiger partial charge in [0.2, 0.25) is 5.78 Å².